The maximum absolute atomic E-state index is 11.9. The van der Waals surface area contributed by atoms with Crippen molar-refractivity contribution in [3.63, 3.8) is 0 Å². The fraction of sp³-hybridized carbons (Fsp3) is 0.417. The van der Waals surface area contributed by atoms with Gasteiger partial charge in [0.25, 0.3) is 5.91 Å². The molecule has 19 heavy (non-hydrogen) atoms. The molecular formula is C12H17N3O3S. The molecule has 1 amide bonds. The lowest BCUT2D eigenvalue weighted by Gasteiger charge is -2.14. The second-order valence-corrected chi connectivity index (χ2v) is 4.87. The molecule has 0 unspecified atom stereocenters. The van der Waals surface area contributed by atoms with Crippen molar-refractivity contribution < 1.29 is 14.7 Å². The van der Waals surface area contributed by atoms with Gasteiger partial charge in [-0.25, -0.2) is 4.79 Å². The van der Waals surface area contributed by atoms with Gasteiger partial charge in [-0.1, -0.05) is 0 Å². The third-order valence-corrected chi connectivity index (χ3v) is 3.15. The normalized spacial score (nSPS) is 11.9. The summed E-state index contributed by atoms with van der Waals surface area (Å²) in [6, 6.07) is 2.21. The number of aliphatic carboxylic acids is 1. The molecule has 104 valence electrons. The molecule has 0 aliphatic heterocycles. The number of hydrogen-bond donors (Lipinski definition) is 3. The molecule has 7 heteroatoms. The number of hydrogen-bond acceptors (Lipinski definition) is 5. The maximum atomic E-state index is 11.9. The molecule has 1 aromatic rings. The smallest absolute Gasteiger partial charge is 0.326 e. The minimum atomic E-state index is -1.03. The van der Waals surface area contributed by atoms with Gasteiger partial charge in [-0.05, 0) is 30.6 Å². The molecule has 0 aliphatic rings. The number of carbonyl (C=O) groups excluding carboxylic acids is 1. The van der Waals surface area contributed by atoms with E-state index in [4.69, 9.17) is 10.8 Å². The summed E-state index contributed by atoms with van der Waals surface area (Å²) in [5, 5.41) is 11.5. The van der Waals surface area contributed by atoms with Crippen molar-refractivity contribution in [3.05, 3.63) is 29.6 Å². The van der Waals surface area contributed by atoms with Gasteiger partial charge in [0.05, 0.1) is 5.69 Å². The Morgan fingerprint density at radius 1 is 1.58 bits per heavy atom. The highest BCUT2D eigenvalue weighted by Crippen LogP contribution is 2.05. The summed E-state index contributed by atoms with van der Waals surface area (Å²) in [7, 11) is 0. The summed E-state index contributed by atoms with van der Waals surface area (Å²) < 4.78 is 0. The van der Waals surface area contributed by atoms with Gasteiger partial charge in [0.1, 0.15) is 6.04 Å². The molecule has 0 saturated carbocycles. The maximum Gasteiger partial charge on any atom is 0.326 e. The highest BCUT2D eigenvalue weighted by atomic mass is 32.2. The number of nitrogens with zero attached hydrogens (tertiary/aromatic N) is 1. The predicted octanol–water partition coefficient (Wildman–Crippen LogP) is 0.476. The van der Waals surface area contributed by atoms with Crippen LogP contribution in [-0.4, -0.2) is 40.0 Å². The van der Waals surface area contributed by atoms with Crippen molar-refractivity contribution in [1.29, 1.82) is 0 Å². The van der Waals surface area contributed by atoms with Crippen LogP contribution in [0.1, 0.15) is 22.5 Å². The van der Waals surface area contributed by atoms with Crippen LogP contribution >= 0.6 is 11.8 Å². The summed E-state index contributed by atoms with van der Waals surface area (Å²) in [6.45, 7) is 0.232. The number of nitrogens with two attached hydrogens (primary N) is 1. The molecule has 0 fully saturated rings. The fourth-order valence-electron chi connectivity index (χ4n) is 1.47. The van der Waals surface area contributed by atoms with E-state index in [2.05, 4.69) is 10.3 Å². The Balaban J connectivity index is 2.72. The first-order chi connectivity index (χ1) is 9.08. The number of rotatable bonds is 7. The van der Waals surface area contributed by atoms with Crippen molar-refractivity contribution in [2.75, 3.05) is 12.0 Å². The molecule has 0 saturated heterocycles. The first-order valence-electron chi connectivity index (χ1n) is 5.76. The SMILES string of the molecule is CSCC[C@H](NC(=O)c1ccnc(CN)c1)C(=O)O. The Bertz CT molecular complexity index is 454. The number of amides is 1. The standard InChI is InChI=1S/C12H17N3O3S/c1-19-5-3-10(12(17)18)15-11(16)8-2-4-14-9(6-8)7-13/h2,4,6,10H,3,5,7,13H2,1H3,(H,15,16)(H,17,18)/t10-/m0/s1. The molecule has 0 radical (unpaired) electrons. The van der Waals surface area contributed by atoms with Crippen LogP contribution in [0, 0.1) is 0 Å². The number of carbonyl (C=O) groups is 2. The number of aromatic nitrogens is 1. The van der Waals surface area contributed by atoms with Gasteiger partial charge >= 0.3 is 5.97 Å². The Labute approximate surface area is 115 Å². The molecule has 1 rings (SSSR count). The second kappa shape index (κ2) is 7.75. The summed E-state index contributed by atoms with van der Waals surface area (Å²) >= 11 is 1.54. The third-order valence-electron chi connectivity index (χ3n) is 2.50. The number of carboxylic acid groups (broad SMARTS) is 1. The molecule has 1 heterocycles. The van der Waals surface area contributed by atoms with Gasteiger partial charge in [0, 0.05) is 18.3 Å². The van der Waals surface area contributed by atoms with Gasteiger partial charge in [0.15, 0.2) is 0 Å². The molecule has 1 atom stereocenters. The van der Waals surface area contributed by atoms with Crippen LogP contribution in [-0.2, 0) is 11.3 Å². The van der Waals surface area contributed by atoms with E-state index in [9.17, 15) is 9.59 Å². The highest BCUT2D eigenvalue weighted by Gasteiger charge is 2.20. The summed E-state index contributed by atoms with van der Waals surface area (Å²) in [6.07, 6.45) is 3.75. The Kier molecular flexibility index (Phi) is 6.31. The van der Waals surface area contributed by atoms with Crippen molar-refractivity contribution in [3.8, 4) is 0 Å². The number of pyridine rings is 1. The van der Waals surface area contributed by atoms with Crippen LogP contribution in [0.4, 0.5) is 0 Å². The van der Waals surface area contributed by atoms with Gasteiger partial charge < -0.3 is 16.2 Å². The molecule has 0 spiro atoms. The Hall–Kier alpha value is -1.60. The van der Waals surface area contributed by atoms with E-state index in [0.29, 0.717) is 23.4 Å². The molecule has 0 aliphatic carbocycles. The lowest BCUT2D eigenvalue weighted by atomic mass is 10.1. The minimum Gasteiger partial charge on any atom is -0.480 e. The van der Waals surface area contributed by atoms with Crippen molar-refractivity contribution in [1.82, 2.24) is 10.3 Å². The van der Waals surface area contributed by atoms with Crippen molar-refractivity contribution in [2.45, 2.75) is 19.0 Å². The molecule has 4 N–H and O–H groups in total. The largest absolute Gasteiger partial charge is 0.480 e. The van der Waals surface area contributed by atoms with Crippen LogP contribution < -0.4 is 11.1 Å². The van der Waals surface area contributed by atoms with Crippen LogP contribution in [0.3, 0.4) is 0 Å². The summed E-state index contributed by atoms with van der Waals surface area (Å²) in [5.41, 5.74) is 6.40. The second-order valence-electron chi connectivity index (χ2n) is 3.89. The van der Waals surface area contributed by atoms with Crippen molar-refractivity contribution >= 4 is 23.6 Å². The van der Waals surface area contributed by atoms with Crippen LogP contribution in [0.5, 0.6) is 0 Å². The zero-order valence-corrected chi connectivity index (χ0v) is 11.4. The minimum absolute atomic E-state index is 0.232. The quantitative estimate of drug-likeness (QED) is 0.672. The van der Waals surface area contributed by atoms with E-state index in [1.54, 1.807) is 6.07 Å². The molecule has 0 aromatic carbocycles. The lowest BCUT2D eigenvalue weighted by molar-refractivity contribution is -0.139. The van der Waals surface area contributed by atoms with Gasteiger partial charge in [-0.15, -0.1) is 0 Å². The fourth-order valence-corrected chi connectivity index (χ4v) is 1.94. The molecule has 1 aromatic heterocycles. The van der Waals surface area contributed by atoms with E-state index in [1.165, 1.54) is 24.0 Å². The van der Waals surface area contributed by atoms with Crippen LogP contribution in [0.2, 0.25) is 0 Å². The van der Waals surface area contributed by atoms with Crippen molar-refractivity contribution in [2.24, 2.45) is 5.73 Å². The molecule has 0 bridgehead atoms. The van der Waals surface area contributed by atoms with Gasteiger partial charge in [-0.2, -0.15) is 11.8 Å². The molecule has 6 nitrogen and oxygen atoms in total. The zero-order valence-electron chi connectivity index (χ0n) is 10.6. The predicted molar refractivity (Wildman–Crippen MR) is 74.0 cm³/mol. The number of carboxylic acids is 1. The highest BCUT2D eigenvalue weighted by molar-refractivity contribution is 7.98. The van der Waals surface area contributed by atoms with E-state index >= 15 is 0 Å². The lowest BCUT2D eigenvalue weighted by Crippen LogP contribution is -2.41. The average Bonchev–Trinajstić information content (AvgIpc) is 2.42. The first-order valence-corrected chi connectivity index (χ1v) is 7.15. The number of nitrogens with one attached hydrogen (secondary N) is 1. The zero-order chi connectivity index (χ0) is 14.3. The Morgan fingerprint density at radius 3 is 2.89 bits per heavy atom. The van der Waals surface area contributed by atoms with E-state index in [0.717, 1.165) is 0 Å². The van der Waals surface area contributed by atoms with Crippen LogP contribution in [0.25, 0.3) is 0 Å². The average molecular weight is 283 g/mol. The summed E-state index contributed by atoms with van der Waals surface area (Å²) in [4.78, 5) is 27.0. The monoisotopic (exact) mass is 283 g/mol. The topological polar surface area (TPSA) is 105 Å². The first kappa shape index (κ1) is 15.5. The Morgan fingerprint density at radius 2 is 2.32 bits per heavy atom. The third kappa shape index (κ3) is 4.88. The van der Waals surface area contributed by atoms with E-state index in [-0.39, 0.29) is 6.54 Å². The van der Waals surface area contributed by atoms with Gasteiger partial charge in [0.2, 0.25) is 0 Å². The summed E-state index contributed by atoms with van der Waals surface area (Å²) in [5.74, 6) is -0.789. The number of thioether (sulfide) groups is 1. The van der Waals surface area contributed by atoms with Crippen LogP contribution in [0.15, 0.2) is 18.3 Å². The van der Waals surface area contributed by atoms with Gasteiger partial charge in [-0.3, -0.25) is 9.78 Å². The molecular weight excluding hydrogens is 266 g/mol. The van der Waals surface area contributed by atoms with E-state index in [1.807, 2.05) is 6.26 Å². The van der Waals surface area contributed by atoms with E-state index < -0.39 is 17.9 Å².